The lowest BCUT2D eigenvalue weighted by atomic mass is 9.47. The fraction of sp³-hybridized carbons (Fsp3) is 0.647. The van der Waals surface area contributed by atoms with Crippen LogP contribution in [0, 0.1) is 17.3 Å². The van der Waals surface area contributed by atoms with E-state index in [0.717, 1.165) is 29.8 Å². The summed E-state index contributed by atoms with van der Waals surface area (Å²) in [5.41, 5.74) is 2.35. The molecule has 0 aromatic heterocycles. The lowest BCUT2D eigenvalue weighted by Gasteiger charge is -2.60. The van der Waals surface area contributed by atoms with Gasteiger partial charge in [-0.2, -0.15) is 0 Å². The van der Waals surface area contributed by atoms with Gasteiger partial charge in [-0.3, -0.25) is 0 Å². The third-order valence-electron chi connectivity index (χ3n) is 6.86. The van der Waals surface area contributed by atoms with Crippen LogP contribution in [-0.2, 0) is 15.9 Å². The number of aliphatic hydroxyl groups excluding tert-OH is 1. The van der Waals surface area contributed by atoms with Gasteiger partial charge in [-0.1, -0.05) is 38.1 Å². The lowest BCUT2D eigenvalue weighted by Crippen LogP contribution is -2.59. The summed E-state index contributed by atoms with van der Waals surface area (Å²) in [4.78, 5) is 0. The van der Waals surface area contributed by atoms with Crippen molar-refractivity contribution < 1.29 is 14.4 Å². The van der Waals surface area contributed by atoms with E-state index in [1.165, 1.54) is 6.42 Å². The minimum atomic E-state index is -0.250. The number of rotatable bonds is 2. The zero-order valence-corrected chi connectivity index (χ0v) is 12.6. The number of hydrogen-bond acceptors (Lipinski definition) is 3. The first-order valence-electron chi connectivity index (χ1n) is 8.06. The van der Waals surface area contributed by atoms with Gasteiger partial charge in [0.25, 0.3) is 0 Å². The summed E-state index contributed by atoms with van der Waals surface area (Å²) in [7, 11) is -0.250. The monoisotopic (exact) mass is 284 g/mol. The summed E-state index contributed by atoms with van der Waals surface area (Å²) in [5, 5.41) is 9.31. The first-order chi connectivity index (χ1) is 10.0. The Kier molecular flexibility index (Phi) is 2.15. The molecule has 1 saturated heterocycles. The average molecular weight is 284 g/mol. The van der Waals surface area contributed by atoms with Crippen molar-refractivity contribution in [1.82, 2.24) is 0 Å². The van der Waals surface area contributed by atoms with Gasteiger partial charge in [-0.15, -0.1) is 0 Å². The number of benzene rings is 1. The molecule has 0 amide bonds. The van der Waals surface area contributed by atoms with E-state index < -0.39 is 0 Å². The van der Waals surface area contributed by atoms with E-state index in [9.17, 15) is 5.11 Å². The van der Waals surface area contributed by atoms with Crippen LogP contribution in [0.4, 0.5) is 0 Å². The molecule has 4 atom stereocenters. The van der Waals surface area contributed by atoms with Gasteiger partial charge in [0.15, 0.2) is 0 Å². The Balaban J connectivity index is 1.47. The average Bonchev–Trinajstić information content (AvgIpc) is 3.03. The van der Waals surface area contributed by atoms with Gasteiger partial charge >= 0.3 is 7.12 Å². The van der Waals surface area contributed by atoms with Gasteiger partial charge in [0.05, 0.1) is 17.8 Å². The van der Waals surface area contributed by atoms with Gasteiger partial charge in [0.1, 0.15) is 0 Å². The molecule has 1 aromatic rings. The van der Waals surface area contributed by atoms with Crippen LogP contribution >= 0.6 is 0 Å². The molecule has 1 N–H and O–H groups in total. The zero-order chi connectivity index (χ0) is 14.5. The largest absolute Gasteiger partial charge is 0.494 e. The maximum Gasteiger partial charge on any atom is 0.494 e. The summed E-state index contributed by atoms with van der Waals surface area (Å²) in [5.74, 6) is 1.44. The predicted octanol–water partition coefficient (Wildman–Crippen LogP) is 1.87. The second-order valence-corrected chi connectivity index (χ2v) is 8.04. The van der Waals surface area contributed by atoms with Crippen molar-refractivity contribution in [3.8, 4) is 0 Å². The van der Waals surface area contributed by atoms with Gasteiger partial charge in [0, 0.05) is 6.42 Å². The van der Waals surface area contributed by atoms with Crippen LogP contribution in [0.25, 0.3) is 0 Å². The topological polar surface area (TPSA) is 38.7 Å². The predicted molar refractivity (Wildman–Crippen MR) is 80.0 cm³/mol. The SMILES string of the molecule is CC1(C)[C@H]2C[C@@H]1[C@@]13C[C@]1(C2)OB(c1cccc(CO)c1)O3. The van der Waals surface area contributed by atoms with Gasteiger partial charge < -0.3 is 14.4 Å². The van der Waals surface area contributed by atoms with E-state index in [4.69, 9.17) is 9.31 Å². The van der Waals surface area contributed by atoms with Crippen molar-refractivity contribution >= 4 is 12.6 Å². The molecule has 4 aliphatic carbocycles. The highest BCUT2D eigenvalue weighted by Gasteiger charge is 2.86. The molecule has 1 aliphatic heterocycles. The summed E-state index contributed by atoms with van der Waals surface area (Å²) < 4.78 is 12.9. The van der Waals surface area contributed by atoms with E-state index in [-0.39, 0.29) is 24.9 Å². The van der Waals surface area contributed by atoms with Crippen LogP contribution < -0.4 is 5.46 Å². The molecule has 2 bridgehead atoms. The molecule has 1 aromatic carbocycles. The molecule has 3 nitrogen and oxygen atoms in total. The minimum Gasteiger partial charge on any atom is -0.399 e. The van der Waals surface area contributed by atoms with Crippen molar-refractivity contribution in [1.29, 1.82) is 0 Å². The smallest absolute Gasteiger partial charge is 0.399 e. The molecule has 110 valence electrons. The molecule has 5 fully saturated rings. The van der Waals surface area contributed by atoms with Gasteiger partial charge in [-0.25, -0.2) is 0 Å². The highest BCUT2D eigenvalue weighted by atomic mass is 16.7. The van der Waals surface area contributed by atoms with Crippen molar-refractivity contribution in [2.45, 2.75) is 50.9 Å². The Morgan fingerprint density at radius 1 is 1.33 bits per heavy atom. The Bertz CT molecular complexity index is 630. The van der Waals surface area contributed by atoms with Gasteiger partial charge in [0.2, 0.25) is 0 Å². The van der Waals surface area contributed by atoms with Crippen LogP contribution in [-0.4, -0.2) is 23.4 Å². The van der Waals surface area contributed by atoms with E-state index >= 15 is 0 Å². The third kappa shape index (κ3) is 1.33. The zero-order valence-electron chi connectivity index (χ0n) is 12.6. The van der Waals surface area contributed by atoms with Crippen LogP contribution in [0.1, 0.15) is 38.7 Å². The molecule has 4 saturated carbocycles. The van der Waals surface area contributed by atoms with E-state index in [0.29, 0.717) is 11.3 Å². The molecule has 5 aliphatic rings. The van der Waals surface area contributed by atoms with Crippen molar-refractivity contribution in [2.24, 2.45) is 17.3 Å². The fourth-order valence-corrected chi connectivity index (χ4v) is 5.43. The highest BCUT2D eigenvalue weighted by Crippen LogP contribution is 2.79. The normalized spacial score (nSPS) is 44.8. The Morgan fingerprint density at radius 3 is 2.95 bits per heavy atom. The number of hydrogen-bond donors (Lipinski definition) is 1. The Hall–Kier alpha value is -0.835. The molecular formula is C17H21BO3. The quantitative estimate of drug-likeness (QED) is 0.843. The van der Waals surface area contributed by atoms with E-state index in [2.05, 4.69) is 13.8 Å². The highest BCUT2D eigenvalue weighted by molar-refractivity contribution is 6.62. The first kappa shape index (κ1) is 12.7. The fourth-order valence-electron chi connectivity index (χ4n) is 5.43. The van der Waals surface area contributed by atoms with Crippen LogP contribution in [0.5, 0.6) is 0 Å². The van der Waals surface area contributed by atoms with Crippen LogP contribution in [0.2, 0.25) is 0 Å². The minimum absolute atomic E-state index is 0.00398. The second kappa shape index (κ2) is 3.56. The van der Waals surface area contributed by atoms with Gasteiger partial charge in [-0.05, 0) is 41.1 Å². The van der Waals surface area contributed by atoms with E-state index in [1.807, 2.05) is 24.3 Å². The summed E-state index contributed by atoms with van der Waals surface area (Å²) in [6.45, 7) is 4.85. The van der Waals surface area contributed by atoms with Crippen LogP contribution in [0.3, 0.4) is 0 Å². The molecule has 1 heterocycles. The maximum absolute atomic E-state index is 9.31. The molecule has 6 rings (SSSR count). The molecule has 0 unspecified atom stereocenters. The Labute approximate surface area is 125 Å². The van der Waals surface area contributed by atoms with E-state index in [1.54, 1.807) is 0 Å². The summed E-state index contributed by atoms with van der Waals surface area (Å²) >= 11 is 0. The standard InChI is InChI=1S/C17H21BO3/c1-15(2)12-7-14(15)17-10-16(17,8-12)20-18(21-17)13-5-3-4-11(6-13)9-19/h3-6,12,14,19H,7-10H2,1-2H3/t12-,14-,16-,17-/m0/s1. The summed E-state index contributed by atoms with van der Waals surface area (Å²) in [6, 6.07) is 7.96. The summed E-state index contributed by atoms with van der Waals surface area (Å²) in [6.07, 6.45) is 3.55. The number of aliphatic hydroxyl groups is 1. The molecule has 4 heteroatoms. The molecule has 0 spiro atoms. The van der Waals surface area contributed by atoms with Crippen LogP contribution in [0.15, 0.2) is 24.3 Å². The third-order valence-corrected chi connectivity index (χ3v) is 6.86. The van der Waals surface area contributed by atoms with Crippen molar-refractivity contribution in [3.05, 3.63) is 29.8 Å². The second-order valence-electron chi connectivity index (χ2n) is 8.04. The maximum atomic E-state index is 9.31. The first-order valence-corrected chi connectivity index (χ1v) is 8.06. The Morgan fingerprint density at radius 2 is 2.19 bits per heavy atom. The molecule has 21 heavy (non-hydrogen) atoms. The molecule has 0 radical (unpaired) electrons. The lowest BCUT2D eigenvalue weighted by molar-refractivity contribution is -0.152. The van der Waals surface area contributed by atoms with Crippen molar-refractivity contribution in [3.63, 3.8) is 0 Å². The molecular weight excluding hydrogens is 263 g/mol. The van der Waals surface area contributed by atoms with Crippen molar-refractivity contribution in [2.75, 3.05) is 0 Å².